The number of hydrogen-bond donors (Lipinski definition) is 1. The highest BCUT2D eigenvalue weighted by molar-refractivity contribution is 5.96. The highest BCUT2D eigenvalue weighted by Crippen LogP contribution is 2.30. The molecule has 1 atom stereocenters. The fraction of sp³-hybridized carbons (Fsp3) is 0.250. The van der Waals surface area contributed by atoms with Crippen molar-refractivity contribution in [3.05, 3.63) is 36.3 Å². The first-order valence-electron chi connectivity index (χ1n) is 5.39. The van der Waals surface area contributed by atoms with Gasteiger partial charge in [0.2, 0.25) is 0 Å². The predicted octanol–water partition coefficient (Wildman–Crippen LogP) is 1.57. The summed E-state index contributed by atoms with van der Waals surface area (Å²) in [5.41, 5.74) is 0.800. The quantitative estimate of drug-likeness (QED) is 0.823. The zero-order valence-corrected chi connectivity index (χ0v) is 9.74. The summed E-state index contributed by atoms with van der Waals surface area (Å²) in [7, 11) is 0. The Balaban J connectivity index is 2.19. The van der Waals surface area contributed by atoms with Crippen molar-refractivity contribution in [2.45, 2.75) is 19.4 Å². The maximum absolute atomic E-state index is 11.8. The first-order chi connectivity index (χ1) is 8.58. The number of hydrogen-bond acceptors (Lipinski definition) is 4. The Morgan fingerprint density at radius 2 is 2.33 bits per heavy atom. The summed E-state index contributed by atoms with van der Waals surface area (Å²) in [4.78, 5) is 22.2. The number of furan rings is 1. The summed E-state index contributed by atoms with van der Waals surface area (Å²) >= 11 is 0. The summed E-state index contributed by atoms with van der Waals surface area (Å²) in [5, 5.41) is 13.8. The van der Waals surface area contributed by atoms with Crippen LogP contribution in [0.4, 0.5) is 0 Å². The van der Waals surface area contributed by atoms with E-state index in [1.165, 1.54) is 11.3 Å². The summed E-state index contributed by atoms with van der Waals surface area (Å²) < 4.78 is 5.26. The van der Waals surface area contributed by atoms with Crippen LogP contribution in [0.5, 0.6) is 0 Å². The number of hydrazone groups is 1. The van der Waals surface area contributed by atoms with Crippen LogP contribution < -0.4 is 0 Å². The molecule has 1 aromatic heterocycles. The number of carboxylic acids is 1. The molecule has 94 valence electrons. The Kier molecular flexibility index (Phi) is 3.27. The van der Waals surface area contributed by atoms with Gasteiger partial charge in [0.05, 0.1) is 6.26 Å². The van der Waals surface area contributed by atoms with Gasteiger partial charge < -0.3 is 9.52 Å². The van der Waals surface area contributed by atoms with Crippen molar-refractivity contribution in [2.75, 3.05) is 0 Å². The molecule has 1 aliphatic rings. The second-order valence-corrected chi connectivity index (χ2v) is 3.92. The molecule has 6 nitrogen and oxygen atoms in total. The number of carbonyl (C=O) groups excluding carboxylic acids is 1. The molecular weight excluding hydrogens is 236 g/mol. The molecule has 1 aliphatic heterocycles. The normalized spacial score (nSPS) is 19.3. The molecule has 1 unspecified atom stereocenters. The van der Waals surface area contributed by atoms with Crippen molar-refractivity contribution in [1.29, 1.82) is 0 Å². The van der Waals surface area contributed by atoms with Gasteiger partial charge in [0.15, 0.2) is 0 Å². The first-order valence-corrected chi connectivity index (χ1v) is 5.39. The third kappa shape index (κ3) is 2.48. The number of amides is 1. The Morgan fingerprint density at radius 3 is 2.94 bits per heavy atom. The third-order valence-electron chi connectivity index (χ3n) is 2.53. The molecule has 0 fully saturated rings. The molecule has 0 saturated carbocycles. The van der Waals surface area contributed by atoms with Crippen LogP contribution in [0.3, 0.4) is 0 Å². The lowest BCUT2D eigenvalue weighted by atomic mass is 10.1. The van der Waals surface area contributed by atoms with Gasteiger partial charge in [0.25, 0.3) is 5.91 Å². The Bertz CT molecular complexity index is 516. The lowest BCUT2D eigenvalue weighted by Crippen LogP contribution is -2.25. The minimum absolute atomic E-state index is 0.300. The van der Waals surface area contributed by atoms with E-state index in [-0.39, 0.29) is 6.04 Å². The van der Waals surface area contributed by atoms with E-state index in [1.54, 1.807) is 12.1 Å². The second-order valence-electron chi connectivity index (χ2n) is 3.92. The molecular formula is C12H12N2O4. The molecule has 1 amide bonds. The molecule has 1 N–H and O–H groups in total. The number of aliphatic carboxylic acids is 1. The standard InChI is InChI=1S/C12H12N2O4/c1-8-7-9(10-3-2-6-18-10)14(13-8)11(15)4-5-12(16)17/h2-6,9H,7H2,1H3,(H,16,17)/b5-4+. The van der Waals surface area contributed by atoms with E-state index in [2.05, 4.69) is 5.10 Å². The van der Waals surface area contributed by atoms with Crippen LogP contribution in [0, 0.1) is 0 Å². The lowest BCUT2D eigenvalue weighted by molar-refractivity contribution is -0.132. The molecule has 0 spiro atoms. The topological polar surface area (TPSA) is 83.1 Å². The third-order valence-corrected chi connectivity index (χ3v) is 2.53. The zero-order valence-electron chi connectivity index (χ0n) is 9.74. The van der Waals surface area contributed by atoms with Gasteiger partial charge in [-0.1, -0.05) is 0 Å². The Morgan fingerprint density at radius 1 is 1.56 bits per heavy atom. The van der Waals surface area contributed by atoms with Crippen LogP contribution in [-0.4, -0.2) is 27.7 Å². The monoisotopic (exact) mass is 248 g/mol. The van der Waals surface area contributed by atoms with Gasteiger partial charge in [-0.05, 0) is 19.1 Å². The summed E-state index contributed by atoms with van der Waals surface area (Å²) in [6, 6.07) is 3.20. The fourth-order valence-electron chi connectivity index (χ4n) is 1.78. The van der Waals surface area contributed by atoms with Crippen LogP contribution >= 0.6 is 0 Å². The summed E-state index contributed by atoms with van der Waals surface area (Å²) in [6.07, 6.45) is 3.89. The maximum Gasteiger partial charge on any atom is 0.328 e. The number of carboxylic acid groups (broad SMARTS) is 1. The maximum atomic E-state index is 11.8. The highest BCUT2D eigenvalue weighted by Gasteiger charge is 2.31. The smallest absolute Gasteiger partial charge is 0.328 e. The summed E-state index contributed by atoms with van der Waals surface area (Å²) in [5.74, 6) is -1.01. The molecule has 0 aliphatic carbocycles. The van der Waals surface area contributed by atoms with Gasteiger partial charge in [-0.2, -0.15) is 5.10 Å². The zero-order chi connectivity index (χ0) is 13.1. The predicted molar refractivity (Wildman–Crippen MR) is 62.8 cm³/mol. The van der Waals surface area contributed by atoms with Crippen molar-refractivity contribution in [3.8, 4) is 0 Å². The molecule has 0 radical (unpaired) electrons. The van der Waals surface area contributed by atoms with Crippen molar-refractivity contribution in [2.24, 2.45) is 5.10 Å². The van der Waals surface area contributed by atoms with Crippen molar-refractivity contribution >= 4 is 17.6 Å². The Labute approximate surface area is 103 Å². The molecule has 18 heavy (non-hydrogen) atoms. The van der Waals surface area contributed by atoms with Crippen LogP contribution in [0.2, 0.25) is 0 Å². The number of rotatable bonds is 3. The molecule has 0 saturated heterocycles. The van der Waals surface area contributed by atoms with Gasteiger partial charge in [-0.25, -0.2) is 9.80 Å². The van der Waals surface area contributed by atoms with E-state index in [9.17, 15) is 9.59 Å². The van der Waals surface area contributed by atoms with Crippen molar-refractivity contribution in [3.63, 3.8) is 0 Å². The molecule has 2 heterocycles. The average Bonchev–Trinajstić information content (AvgIpc) is 2.93. The van der Waals surface area contributed by atoms with E-state index in [4.69, 9.17) is 9.52 Å². The SMILES string of the molecule is CC1=NN(C(=O)/C=C/C(=O)O)C(c2ccco2)C1. The van der Waals surface area contributed by atoms with Crippen LogP contribution in [0.25, 0.3) is 0 Å². The summed E-state index contributed by atoms with van der Waals surface area (Å²) in [6.45, 7) is 1.81. The van der Waals surface area contributed by atoms with Gasteiger partial charge in [0.1, 0.15) is 11.8 Å². The van der Waals surface area contributed by atoms with Crippen LogP contribution in [0.15, 0.2) is 40.1 Å². The van der Waals surface area contributed by atoms with E-state index < -0.39 is 11.9 Å². The van der Waals surface area contributed by atoms with Gasteiger partial charge in [-0.3, -0.25) is 4.79 Å². The Hall–Kier alpha value is -2.37. The molecule has 0 bridgehead atoms. The van der Waals surface area contributed by atoms with Gasteiger partial charge >= 0.3 is 5.97 Å². The average molecular weight is 248 g/mol. The number of nitrogens with zero attached hydrogens (tertiary/aromatic N) is 2. The van der Waals surface area contributed by atoms with Crippen molar-refractivity contribution in [1.82, 2.24) is 5.01 Å². The van der Waals surface area contributed by atoms with Crippen LogP contribution in [0.1, 0.15) is 25.1 Å². The van der Waals surface area contributed by atoms with E-state index in [1.807, 2.05) is 6.92 Å². The second kappa shape index (κ2) is 4.87. The van der Waals surface area contributed by atoms with Gasteiger partial charge in [-0.15, -0.1) is 0 Å². The minimum Gasteiger partial charge on any atom is -0.478 e. The molecule has 2 rings (SSSR count). The van der Waals surface area contributed by atoms with Crippen molar-refractivity contribution < 1.29 is 19.1 Å². The lowest BCUT2D eigenvalue weighted by Gasteiger charge is -2.18. The van der Waals surface area contributed by atoms with E-state index >= 15 is 0 Å². The van der Waals surface area contributed by atoms with Crippen LogP contribution in [-0.2, 0) is 9.59 Å². The molecule has 1 aromatic rings. The largest absolute Gasteiger partial charge is 0.478 e. The van der Waals surface area contributed by atoms with E-state index in [0.717, 1.165) is 17.9 Å². The minimum atomic E-state index is -1.17. The van der Waals surface area contributed by atoms with E-state index in [0.29, 0.717) is 12.2 Å². The highest BCUT2D eigenvalue weighted by atomic mass is 16.4. The van der Waals surface area contributed by atoms with Gasteiger partial charge in [0, 0.05) is 24.3 Å². The number of carbonyl (C=O) groups is 2. The molecule has 6 heteroatoms. The first kappa shape index (κ1) is 12.1. The molecule has 0 aromatic carbocycles. The fourth-order valence-corrected chi connectivity index (χ4v) is 1.78.